The van der Waals surface area contributed by atoms with Gasteiger partial charge in [-0.1, -0.05) is 59.9 Å². The van der Waals surface area contributed by atoms with Crippen molar-refractivity contribution >= 4 is 46.4 Å². The van der Waals surface area contributed by atoms with Crippen LogP contribution in [0.25, 0.3) is 10.2 Å². The summed E-state index contributed by atoms with van der Waals surface area (Å²) in [5.74, 6) is -1.28. The number of rotatable bonds is 13. The van der Waals surface area contributed by atoms with E-state index in [1.165, 1.54) is 17.2 Å². The molecule has 0 amide bonds. The van der Waals surface area contributed by atoms with Crippen LogP contribution in [0.4, 0.5) is 0 Å². The highest BCUT2D eigenvalue weighted by Gasteiger charge is 2.25. The number of hydrogen-bond donors (Lipinski definition) is 6. The Morgan fingerprint density at radius 2 is 1.59 bits per heavy atom. The van der Waals surface area contributed by atoms with Crippen molar-refractivity contribution < 1.29 is 20.1 Å². The average molecular weight is 597 g/mol. The van der Waals surface area contributed by atoms with Crippen LogP contribution in [0, 0.1) is 0 Å². The summed E-state index contributed by atoms with van der Waals surface area (Å²) in [4.78, 5) is 14.0. The maximum absolute atomic E-state index is 11.7. The van der Waals surface area contributed by atoms with Gasteiger partial charge in [-0.2, -0.15) is 0 Å². The van der Waals surface area contributed by atoms with Gasteiger partial charge in [0.1, 0.15) is 17.0 Å². The number of aromatic hydroxyl groups is 1. The maximum atomic E-state index is 11.7. The smallest absolute Gasteiger partial charge is 0.305 e. The van der Waals surface area contributed by atoms with E-state index < -0.39 is 5.91 Å². The van der Waals surface area contributed by atoms with Crippen LogP contribution in [0.15, 0.2) is 65.5 Å². The highest BCUT2D eigenvalue weighted by molar-refractivity contribution is 7.16. The number of hydrogen-bond acceptors (Lipinski definition) is 8. The number of halogens is 2. The van der Waals surface area contributed by atoms with Gasteiger partial charge in [-0.05, 0) is 66.7 Å². The molecule has 1 heterocycles. The van der Waals surface area contributed by atoms with Gasteiger partial charge in [-0.15, -0.1) is 24.8 Å². The molecule has 6 N–H and O–H groups in total. The minimum absolute atomic E-state index is 0. The molecule has 4 rings (SSSR count). The zero-order chi connectivity index (χ0) is 26.3. The number of phenolic OH excluding ortho intramolecular Hbond substituents is 1. The summed E-state index contributed by atoms with van der Waals surface area (Å²) in [5.41, 5.74) is 4.39. The molecular formula is C28H35Cl2N3O5S. The van der Waals surface area contributed by atoms with E-state index in [-0.39, 0.29) is 41.9 Å². The number of fused-ring (bicyclic) bond motifs is 1. The molecule has 39 heavy (non-hydrogen) atoms. The SMILES string of the molecule is COc1ccccc1CCNCCc1cccc(CCNC(O)(O)Cc2ccc(O)c3[nH]c(=O)sc23)c1.Cl.Cl. The zero-order valence-electron chi connectivity index (χ0n) is 21.6. The standard InChI is InChI=1S/C28H33N3O5S.2ClH/c1-36-24-8-3-2-7-21(24)13-15-29-14-11-19-5-4-6-20(17-19)12-16-30-28(34,35)18-22-9-10-23(32)25-26(22)37-27(33)31-25;;/h2-10,17,29-30,32,34-35H,11-16,18H2,1H3,(H,31,33);2*1H. The van der Waals surface area contributed by atoms with Crippen molar-refractivity contribution in [2.24, 2.45) is 0 Å². The van der Waals surface area contributed by atoms with Crippen LogP contribution in [0.3, 0.4) is 0 Å². The molecule has 212 valence electrons. The van der Waals surface area contributed by atoms with Gasteiger partial charge in [-0.25, -0.2) is 0 Å². The molecule has 8 nitrogen and oxygen atoms in total. The Morgan fingerprint density at radius 1 is 0.897 bits per heavy atom. The lowest BCUT2D eigenvalue weighted by Crippen LogP contribution is -2.47. The quantitative estimate of drug-likeness (QED) is 0.103. The third kappa shape index (κ3) is 9.22. The van der Waals surface area contributed by atoms with E-state index in [1.54, 1.807) is 13.2 Å². The summed E-state index contributed by atoms with van der Waals surface area (Å²) in [6, 6.07) is 19.4. The van der Waals surface area contributed by atoms with Crippen molar-refractivity contribution in [3.05, 3.63) is 92.6 Å². The van der Waals surface area contributed by atoms with Crippen molar-refractivity contribution in [3.8, 4) is 11.5 Å². The lowest BCUT2D eigenvalue weighted by atomic mass is 10.1. The Bertz CT molecular complexity index is 1390. The van der Waals surface area contributed by atoms with E-state index in [0.29, 0.717) is 28.7 Å². The third-order valence-electron chi connectivity index (χ3n) is 6.24. The summed E-state index contributed by atoms with van der Waals surface area (Å²) < 4.78 is 5.92. The van der Waals surface area contributed by atoms with Crippen molar-refractivity contribution in [2.75, 3.05) is 26.7 Å². The van der Waals surface area contributed by atoms with Gasteiger partial charge >= 0.3 is 4.87 Å². The minimum atomic E-state index is -2.15. The summed E-state index contributed by atoms with van der Waals surface area (Å²) in [5, 5.41) is 37.2. The van der Waals surface area contributed by atoms with Gasteiger partial charge in [-0.3, -0.25) is 10.1 Å². The fourth-order valence-corrected chi connectivity index (χ4v) is 5.25. The van der Waals surface area contributed by atoms with Gasteiger partial charge in [0.25, 0.3) is 0 Å². The number of ether oxygens (including phenoxy) is 1. The van der Waals surface area contributed by atoms with Crippen molar-refractivity contribution in [1.82, 2.24) is 15.6 Å². The summed E-state index contributed by atoms with van der Waals surface area (Å²) in [6.45, 7) is 2.09. The van der Waals surface area contributed by atoms with E-state index in [9.17, 15) is 20.1 Å². The normalized spacial score (nSPS) is 11.2. The first-order valence-corrected chi connectivity index (χ1v) is 13.1. The Kier molecular flexibility index (Phi) is 12.7. The number of H-pyrrole nitrogens is 1. The number of aromatic nitrogens is 1. The Balaban J connectivity index is 0.00000267. The summed E-state index contributed by atoms with van der Waals surface area (Å²) >= 11 is 0.934. The number of nitrogens with one attached hydrogen (secondary N) is 3. The lowest BCUT2D eigenvalue weighted by Gasteiger charge is -2.23. The lowest BCUT2D eigenvalue weighted by molar-refractivity contribution is -0.183. The highest BCUT2D eigenvalue weighted by atomic mass is 35.5. The molecular weight excluding hydrogens is 561 g/mol. The fraction of sp³-hybridized carbons (Fsp3) is 0.321. The summed E-state index contributed by atoms with van der Waals surface area (Å²) in [6.07, 6.45) is 2.30. The van der Waals surface area contributed by atoms with E-state index >= 15 is 0 Å². The summed E-state index contributed by atoms with van der Waals surface area (Å²) in [7, 11) is 1.69. The molecule has 0 bridgehead atoms. The number of thiazole rings is 1. The first kappa shape index (κ1) is 32.6. The predicted molar refractivity (Wildman–Crippen MR) is 161 cm³/mol. The number of para-hydroxylation sites is 1. The molecule has 0 saturated carbocycles. The molecule has 0 aliphatic heterocycles. The second-order valence-corrected chi connectivity index (χ2v) is 10.00. The van der Waals surface area contributed by atoms with Crippen LogP contribution in [-0.2, 0) is 25.7 Å². The molecule has 1 aromatic heterocycles. The topological polar surface area (TPSA) is 127 Å². The largest absolute Gasteiger partial charge is 0.506 e. The molecule has 4 aromatic rings. The predicted octanol–water partition coefficient (Wildman–Crippen LogP) is 3.54. The van der Waals surface area contributed by atoms with E-state index in [2.05, 4.69) is 33.8 Å². The molecule has 0 radical (unpaired) electrons. The molecule has 0 saturated heterocycles. The van der Waals surface area contributed by atoms with Crippen LogP contribution in [0.1, 0.15) is 22.3 Å². The van der Waals surface area contributed by atoms with Gasteiger partial charge in [0.15, 0.2) is 0 Å². The van der Waals surface area contributed by atoms with Crippen LogP contribution >= 0.6 is 36.2 Å². The zero-order valence-corrected chi connectivity index (χ0v) is 24.1. The second-order valence-electron chi connectivity index (χ2n) is 9.01. The monoisotopic (exact) mass is 595 g/mol. The van der Waals surface area contributed by atoms with E-state index in [1.807, 2.05) is 30.3 Å². The average Bonchev–Trinajstić information content (AvgIpc) is 3.28. The molecule has 0 fully saturated rings. The van der Waals surface area contributed by atoms with Crippen LogP contribution in [0.2, 0.25) is 0 Å². The molecule has 11 heteroatoms. The second kappa shape index (κ2) is 15.2. The molecule has 0 atom stereocenters. The van der Waals surface area contributed by atoms with E-state index in [4.69, 9.17) is 4.74 Å². The van der Waals surface area contributed by atoms with E-state index in [0.717, 1.165) is 48.6 Å². The number of methoxy groups -OCH3 is 1. The Labute approximate surface area is 243 Å². The fourth-order valence-electron chi connectivity index (χ4n) is 4.38. The molecule has 0 unspecified atom stereocenters. The van der Waals surface area contributed by atoms with Crippen molar-refractivity contribution in [2.45, 2.75) is 31.6 Å². The number of aliphatic hydroxyl groups is 2. The Hall–Kier alpha value is -2.63. The first-order valence-electron chi connectivity index (χ1n) is 12.3. The van der Waals surface area contributed by atoms with Gasteiger partial charge in [0.05, 0.1) is 11.8 Å². The van der Waals surface area contributed by atoms with Gasteiger partial charge in [0, 0.05) is 13.0 Å². The molecule has 0 aliphatic rings. The number of aromatic amines is 1. The molecule has 3 aromatic carbocycles. The number of phenols is 1. The van der Waals surface area contributed by atoms with Crippen molar-refractivity contribution in [3.63, 3.8) is 0 Å². The minimum Gasteiger partial charge on any atom is -0.506 e. The maximum Gasteiger partial charge on any atom is 0.305 e. The van der Waals surface area contributed by atoms with Crippen molar-refractivity contribution in [1.29, 1.82) is 0 Å². The van der Waals surface area contributed by atoms with Crippen LogP contribution < -0.4 is 20.2 Å². The van der Waals surface area contributed by atoms with Crippen LogP contribution in [-0.4, -0.2) is 53.0 Å². The highest BCUT2D eigenvalue weighted by Crippen LogP contribution is 2.29. The third-order valence-corrected chi connectivity index (χ3v) is 7.20. The number of benzene rings is 3. The van der Waals surface area contributed by atoms with Crippen LogP contribution in [0.5, 0.6) is 11.5 Å². The molecule has 0 aliphatic carbocycles. The van der Waals surface area contributed by atoms with Gasteiger partial charge in [0.2, 0.25) is 5.91 Å². The first-order chi connectivity index (χ1) is 17.8. The Morgan fingerprint density at radius 3 is 2.33 bits per heavy atom. The molecule has 0 spiro atoms. The van der Waals surface area contributed by atoms with Gasteiger partial charge < -0.3 is 30.4 Å².